The van der Waals surface area contributed by atoms with E-state index < -0.39 is 21.5 Å². The third-order valence-electron chi connectivity index (χ3n) is 7.82. The van der Waals surface area contributed by atoms with Crippen molar-refractivity contribution >= 4 is 33.0 Å². The predicted molar refractivity (Wildman–Crippen MR) is 183 cm³/mol. The molecule has 0 spiro atoms. The Morgan fingerprint density at radius 1 is 0.489 bits per heavy atom. The van der Waals surface area contributed by atoms with Crippen LogP contribution in [-0.4, -0.2) is 22.6 Å². The van der Waals surface area contributed by atoms with Gasteiger partial charge in [-0.1, -0.05) is 83.9 Å². The molecule has 0 fully saturated rings. The summed E-state index contributed by atoms with van der Waals surface area (Å²) in [6, 6.07) is 31.8. The van der Waals surface area contributed by atoms with Gasteiger partial charge >= 0.3 is 0 Å². The summed E-state index contributed by atoms with van der Waals surface area (Å²) in [5.41, 5.74) is 4.01. The van der Waals surface area contributed by atoms with Crippen LogP contribution in [0.2, 0.25) is 10.0 Å². The van der Waals surface area contributed by atoms with E-state index in [1.165, 1.54) is 50.6 Å². The number of rotatable bonds is 8. The first-order chi connectivity index (χ1) is 22.6. The molecule has 4 nitrogen and oxygen atoms in total. The van der Waals surface area contributed by atoms with Crippen LogP contribution in [0.25, 0.3) is 44.5 Å². The molecule has 0 aliphatic carbocycles. The Morgan fingerprint density at radius 2 is 0.894 bits per heavy atom. The molecular formula is C38H26Cl2F2O4S. The Bertz CT molecular complexity index is 2100. The summed E-state index contributed by atoms with van der Waals surface area (Å²) in [5.74, 6) is 0.00834. The largest absolute Gasteiger partial charge is 0.496 e. The van der Waals surface area contributed by atoms with E-state index in [-0.39, 0.29) is 9.79 Å². The number of ether oxygens (including phenoxy) is 2. The molecule has 0 saturated heterocycles. The van der Waals surface area contributed by atoms with Gasteiger partial charge < -0.3 is 9.47 Å². The van der Waals surface area contributed by atoms with Crippen molar-refractivity contribution in [1.82, 2.24) is 0 Å². The summed E-state index contributed by atoms with van der Waals surface area (Å²) >= 11 is 13.4. The molecule has 9 heteroatoms. The molecule has 0 bridgehead atoms. The van der Waals surface area contributed by atoms with Gasteiger partial charge in [-0.15, -0.1) is 0 Å². The van der Waals surface area contributed by atoms with Gasteiger partial charge in [0, 0.05) is 43.4 Å². The topological polar surface area (TPSA) is 52.6 Å². The smallest absolute Gasteiger partial charge is 0.207 e. The van der Waals surface area contributed by atoms with E-state index in [1.54, 1.807) is 84.9 Å². The normalized spacial score (nSPS) is 11.4. The zero-order valence-electron chi connectivity index (χ0n) is 25.1. The molecule has 6 rings (SSSR count). The van der Waals surface area contributed by atoms with E-state index >= 15 is 0 Å². The van der Waals surface area contributed by atoms with Crippen molar-refractivity contribution < 1.29 is 26.7 Å². The fourth-order valence-corrected chi connectivity index (χ4v) is 7.85. The molecule has 236 valence electrons. The molecule has 0 saturated carbocycles. The van der Waals surface area contributed by atoms with Gasteiger partial charge in [-0.05, 0) is 71.8 Å². The van der Waals surface area contributed by atoms with Crippen molar-refractivity contribution in [2.24, 2.45) is 0 Å². The standard InChI is InChI=1S/C38H26Cl2F2O4S/c1-45-35-17-13-25(41)21-31(35)29-15-11-23(19-33(29)39)27-7-3-5-9-37(27)47(43,44)38-10-6-4-8-28(38)24-12-16-30(34(40)20-24)32-22-26(42)14-18-36(32)46-2/h3-22H,1-2H3. The Balaban J connectivity index is 1.42. The molecule has 0 amide bonds. The second kappa shape index (κ2) is 13.2. The van der Waals surface area contributed by atoms with Crippen LogP contribution in [0.3, 0.4) is 0 Å². The third-order valence-corrected chi connectivity index (χ3v) is 10.3. The van der Waals surface area contributed by atoms with Crippen LogP contribution in [0.5, 0.6) is 11.5 Å². The summed E-state index contributed by atoms with van der Waals surface area (Å²) in [6.45, 7) is 0. The third kappa shape index (κ3) is 6.22. The number of hydrogen-bond donors (Lipinski definition) is 0. The first-order valence-electron chi connectivity index (χ1n) is 14.3. The lowest BCUT2D eigenvalue weighted by Crippen LogP contribution is -2.06. The van der Waals surface area contributed by atoms with Gasteiger partial charge in [-0.2, -0.15) is 0 Å². The molecular weight excluding hydrogens is 661 g/mol. The molecule has 47 heavy (non-hydrogen) atoms. The molecule has 0 radical (unpaired) electrons. The molecule has 0 aliphatic rings. The van der Waals surface area contributed by atoms with Crippen LogP contribution in [-0.2, 0) is 9.84 Å². The van der Waals surface area contributed by atoms with E-state index in [9.17, 15) is 17.2 Å². The first-order valence-corrected chi connectivity index (χ1v) is 16.6. The van der Waals surface area contributed by atoms with Crippen molar-refractivity contribution in [2.45, 2.75) is 9.79 Å². The van der Waals surface area contributed by atoms with Crippen molar-refractivity contribution in [1.29, 1.82) is 0 Å². The zero-order chi connectivity index (χ0) is 33.3. The second-order valence-corrected chi connectivity index (χ2v) is 13.3. The maximum Gasteiger partial charge on any atom is 0.207 e. The maximum absolute atomic E-state index is 14.4. The van der Waals surface area contributed by atoms with Crippen molar-refractivity contribution in [3.05, 3.63) is 143 Å². The summed E-state index contributed by atoms with van der Waals surface area (Å²) in [7, 11) is -1.13. The molecule has 0 aromatic heterocycles. The van der Waals surface area contributed by atoms with Gasteiger partial charge in [0.15, 0.2) is 0 Å². The van der Waals surface area contributed by atoms with Crippen LogP contribution >= 0.6 is 23.2 Å². The number of sulfone groups is 1. The highest BCUT2D eigenvalue weighted by molar-refractivity contribution is 7.91. The molecule has 0 aliphatic heterocycles. The molecule has 0 heterocycles. The van der Waals surface area contributed by atoms with E-state index in [0.717, 1.165) is 0 Å². The number of benzene rings is 6. The minimum Gasteiger partial charge on any atom is -0.496 e. The molecule has 6 aromatic carbocycles. The molecule has 6 aromatic rings. The van der Waals surface area contributed by atoms with E-state index in [4.69, 9.17) is 32.7 Å². The van der Waals surface area contributed by atoms with Crippen LogP contribution in [0.15, 0.2) is 131 Å². The molecule has 0 N–H and O–H groups in total. The van der Waals surface area contributed by atoms with Crippen molar-refractivity contribution in [3.8, 4) is 56.0 Å². The first kappa shape index (κ1) is 32.3. The Hall–Kier alpha value is -4.69. The van der Waals surface area contributed by atoms with Crippen LogP contribution in [0.4, 0.5) is 8.78 Å². The van der Waals surface area contributed by atoms with E-state index in [1.807, 2.05) is 0 Å². The van der Waals surface area contributed by atoms with Gasteiger partial charge in [0.25, 0.3) is 0 Å². The highest BCUT2D eigenvalue weighted by Gasteiger charge is 2.26. The fourth-order valence-electron chi connectivity index (χ4n) is 5.58. The maximum atomic E-state index is 14.4. The second-order valence-electron chi connectivity index (χ2n) is 10.6. The van der Waals surface area contributed by atoms with E-state index in [2.05, 4.69) is 0 Å². The van der Waals surface area contributed by atoms with Gasteiger partial charge in [0.1, 0.15) is 23.1 Å². The predicted octanol–water partition coefficient (Wildman–Crippen LogP) is 10.8. The lowest BCUT2D eigenvalue weighted by Gasteiger charge is -2.16. The van der Waals surface area contributed by atoms with Gasteiger partial charge in [0.05, 0.1) is 24.0 Å². The summed E-state index contributed by atoms with van der Waals surface area (Å²) < 4.78 is 67.9. The highest BCUT2D eigenvalue weighted by atomic mass is 35.5. The number of halogens is 4. The SMILES string of the molecule is COc1ccc(F)cc1-c1ccc(-c2ccccc2S(=O)(=O)c2ccccc2-c2ccc(-c3cc(F)ccc3OC)c(Cl)c2)cc1Cl. The Morgan fingerprint density at radius 3 is 1.28 bits per heavy atom. The highest BCUT2D eigenvalue weighted by Crippen LogP contribution is 2.42. The number of hydrogen-bond acceptors (Lipinski definition) is 4. The summed E-state index contributed by atoms with van der Waals surface area (Å²) in [6.07, 6.45) is 0. The van der Waals surface area contributed by atoms with E-state index in [0.29, 0.717) is 66.1 Å². The Labute approximate surface area is 281 Å². The van der Waals surface area contributed by atoms with Crippen molar-refractivity contribution in [2.75, 3.05) is 14.2 Å². The van der Waals surface area contributed by atoms with Gasteiger partial charge in [0.2, 0.25) is 9.84 Å². The van der Waals surface area contributed by atoms with Gasteiger partial charge in [-0.25, -0.2) is 17.2 Å². The lowest BCUT2D eigenvalue weighted by molar-refractivity contribution is 0.415. The van der Waals surface area contributed by atoms with Gasteiger partial charge in [-0.3, -0.25) is 0 Å². The quantitative estimate of drug-likeness (QED) is 0.160. The van der Waals surface area contributed by atoms with Crippen molar-refractivity contribution in [3.63, 3.8) is 0 Å². The monoisotopic (exact) mass is 686 g/mol. The summed E-state index contributed by atoms with van der Waals surface area (Å²) in [4.78, 5) is 0.152. The molecule has 0 unspecified atom stereocenters. The van der Waals surface area contributed by atoms with Crippen LogP contribution < -0.4 is 9.47 Å². The minimum atomic E-state index is -4.10. The van der Waals surface area contributed by atoms with Crippen LogP contribution in [0.1, 0.15) is 0 Å². The minimum absolute atomic E-state index is 0.0758. The fraction of sp³-hybridized carbons (Fsp3) is 0.0526. The molecule has 0 atom stereocenters. The number of methoxy groups -OCH3 is 2. The summed E-state index contributed by atoms with van der Waals surface area (Å²) in [5, 5.41) is 0.590. The zero-order valence-corrected chi connectivity index (χ0v) is 27.4. The average molecular weight is 688 g/mol. The average Bonchev–Trinajstić information content (AvgIpc) is 3.08. The lowest BCUT2D eigenvalue weighted by atomic mass is 9.99. The Kier molecular flexibility index (Phi) is 9.06. The van der Waals surface area contributed by atoms with Crippen LogP contribution in [0, 0.1) is 11.6 Å².